The van der Waals surface area contributed by atoms with Crippen LogP contribution in [-0.4, -0.2) is 38.3 Å². The fraction of sp³-hybridized carbons (Fsp3) is 0.353. The van der Waals surface area contributed by atoms with Crippen LogP contribution in [0, 0.1) is 13.8 Å². The molecule has 0 aliphatic rings. The van der Waals surface area contributed by atoms with Gasteiger partial charge in [-0.1, -0.05) is 11.6 Å². The number of halogens is 1. The number of rotatable bonds is 5. The molecular formula is C17H20ClN5O2. The van der Waals surface area contributed by atoms with E-state index in [1.807, 2.05) is 24.6 Å². The summed E-state index contributed by atoms with van der Waals surface area (Å²) in [6.45, 7) is 4.43. The van der Waals surface area contributed by atoms with Crippen molar-refractivity contribution in [3.05, 3.63) is 39.9 Å². The Hall–Kier alpha value is -2.38. The molecule has 3 N–H and O–H groups in total. The van der Waals surface area contributed by atoms with Gasteiger partial charge >= 0.3 is 0 Å². The van der Waals surface area contributed by atoms with Crippen molar-refractivity contribution < 1.29 is 9.84 Å². The molecule has 3 aromatic heterocycles. The average Bonchev–Trinajstić information content (AvgIpc) is 2.89. The van der Waals surface area contributed by atoms with Gasteiger partial charge in [-0.05, 0) is 25.8 Å². The molecule has 132 valence electrons. The number of aliphatic hydroxyl groups is 1. The Labute approximate surface area is 150 Å². The first-order valence-corrected chi connectivity index (χ1v) is 8.24. The molecule has 0 fully saturated rings. The maximum atomic E-state index is 9.32. The molecule has 0 unspecified atom stereocenters. The first-order valence-electron chi connectivity index (χ1n) is 7.86. The fourth-order valence-electron chi connectivity index (χ4n) is 3.06. The minimum absolute atomic E-state index is 0.00938. The summed E-state index contributed by atoms with van der Waals surface area (Å²) in [5.74, 6) is 0.933. The van der Waals surface area contributed by atoms with Gasteiger partial charge in [0.1, 0.15) is 16.5 Å². The molecule has 0 saturated carbocycles. The van der Waals surface area contributed by atoms with Gasteiger partial charge in [-0.3, -0.25) is 4.98 Å². The predicted octanol–water partition coefficient (Wildman–Crippen LogP) is 2.27. The van der Waals surface area contributed by atoms with Gasteiger partial charge in [-0.25, -0.2) is 4.98 Å². The quantitative estimate of drug-likeness (QED) is 0.676. The summed E-state index contributed by atoms with van der Waals surface area (Å²) >= 11 is 6.26. The zero-order valence-corrected chi connectivity index (χ0v) is 15.1. The van der Waals surface area contributed by atoms with Gasteiger partial charge in [0, 0.05) is 30.1 Å². The maximum Gasteiger partial charge on any atom is 0.223 e. The lowest BCUT2D eigenvalue weighted by Gasteiger charge is -2.13. The predicted molar refractivity (Wildman–Crippen MR) is 97.1 cm³/mol. The van der Waals surface area contributed by atoms with Crippen LogP contribution >= 0.6 is 11.6 Å². The van der Waals surface area contributed by atoms with E-state index in [4.69, 9.17) is 22.1 Å². The van der Waals surface area contributed by atoms with Crippen LogP contribution in [0.4, 0.5) is 5.95 Å². The maximum absolute atomic E-state index is 9.32. The summed E-state index contributed by atoms with van der Waals surface area (Å²) in [7, 11) is 1.65. The molecule has 8 heteroatoms. The minimum atomic E-state index is 0.00938. The van der Waals surface area contributed by atoms with Gasteiger partial charge in [0.15, 0.2) is 0 Å². The molecule has 3 rings (SSSR count). The van der Waals surface area contributed by atoms with Gasteiger partial charge in [0.05, 0.1) is 24.7 Å². The molecule has 0 bridgehead atoms. The summed E-state index contributed by atoms with van der Waals surface area (Å²) in [6.07, 6.45) is 4.16. The van der Waals surface area contributed by atoms with Gasteiger partial charge < -0.3 is 20.1 Å². The van der Waals surface area contributed by atoms with E-state index >= 15 is 0 Å². The molecule has 0 radical (unpaired) electrons. The van der Waals surface area contributed by atoms with Crippen molar-refractivity contribution in [1.82, 2.24) is 19.5 Å². The Morgan fingerprint density at radius 1 is 1.32 bits per heavy atom. The van der Waals surface area contributed by atoms with Crippen LogP contribution in [0.15, 0.2) is 12.4 Å². The van der Waals surface area contributed by atoms with Crippen LogP contribution in [-0.2, 0) is 13.0 Å². The van der Waals surface area contributed by atoms with Crippen molar-refractivity contribution in [1.29, 1.82) is 0 Å². The molecule has 3 heterocycles. The van der Waals surface area contributed by atoms with E-state index in [2.05, 4.69) is 15.0 Å². The molecule has 0 amide bonds. The number of nitrogens with two attached hydrogens (primary N) is 1. The highest BCUT2D eigenvalue weighted by Gasteiger charge is 2.17. The van der Waals surface area contributed by atoms with Crippen molar-refractivity contribution in [2.24, 2.45) is 0 Å². The lowest BCUT2D eigenvalue weighted by molar-refractivity contribution is 0.300. The number of anilines is 1. The standard InChI is InChI=1S/C17H20ClN5O2/c1-9-6-20-12(10(2)14(9)25-3)8-23-7-11(4-5-24)13-15(18)21-17(19)22-16(13)23/h6-7,24H,4-5,8H2,1-3H3,(H2,19,21,22). The Morgan fingerprint density at radius 3 is 2.76 bits per heavy atom. The zero-order chi connectivity index (χ0) is 18.1. The molecule has 0 aromatic carbocycles. The Bertz CT molecular complexity index is 939. The van der Waals surface area contributed by atoms with Crippen LogP contribution in [0.1, 0.15) is 22.4 Å². The number of aryl methyl sites for hydroxylation is 1. The SMILES string of the molecule is COc1c(C)cnc(Cn2cc(CCO)c3c(Cl)nc(N)nc32)c1C. The lowest BCUT2D eigenvalue weighted by Crippen LogP contribution is -2.07. The molecule has 0 atom stereocenters. The number of pyridine rings is 1. The van der Waals surface area contributed by atoms with Gasteiger partial charge in [0.2, 0.25) is 5.95 Å². The highest BCUT2D eigenvalue weighted by atomic mass is 35.5. The first kappa shape index (κ1) is 17.4. The van der Waals surface area contributed by atoms with Crippen molar-refractivity contribution in [2.45, 2.75) is 26.8 Å². The van der Waals surface area contributed by atoms with Crippen molar-refractivity contribution in [3.63, 3.8) is 0 Å². The average molecular weight is 362 g/mol. The first-order chi connectivity index (χ1) is 12.0. The minimum Gasteiger partial charge on any atom is -0.496 e. The fourth-order valence-corrected chi connectivity index (χ4v) is 3.35. The summed E-state index contributed by atoms with van der Waals surface area (Å²) in [4.78, 5) is 12.9. The Balaban J connectivity index is 2.14. The lowest BCUT2D eigenvalue weighted by atomic mass is 10.1. The van der Waals surface area contributed by atoms with E-state index in [-0.39, 0.29) is 17.7 Å². The summed E-state index contributed by atoms with van der Waals surface area (Å²) in [5, 5.41) is 10.3. The van der Waals surface area contributed by atoms with Gasteiger partial charge in [0.25, 0.3) is 0 Å². The molecule has 3 aromatic rings. The van der Waals surface area contributed by atoms with Crippen LogP contribution in [0.25, 0.3) is 11.0 Å². The summed E-state index contributed by atoms with van der Waals surface area (Å²) < 4.78 is 7.40. The van der Waals surface area contributed by atoms with E-state index in [1.54, 1.807) is 13.3 Å². The van der Waals surface area contributed by atoms with E-state index in [1.165, 1.54) is 0 Å². The van der Waals surface area contributed by atoms with Crippen molar-refractivity contribution in [3.8, 4) is 5.75 Å². The number of ether oxygens (including phenoxy) is 1. The molecule has 0 aliphatic heterocycles. The normalized spacial score (nSPS) is 11.2. The van der Waals surface area contributed by atoms with Crippen LogP contribution in [0.3, 0.4) is 0 Å². The summed E-state index contributed by atoms with van der Waals surface area (Å²) in [6, 6.07) is 0. The third kappa shape index (κ3) is 3.12. The highest BCUT2D eigenvalue weighted by molar-refractivity contribution is 6.34. The number of methoxy groups -OCH3 is 1. The molecular weight excluding hydrogens is 342 g/mol. The molecule has 0 aliphatic carbocycles. The second-order valence-corrected chi connectivity index (χ2v) is 6.23. The topological polar surface area (TPSA) is 99.1 Å². The number of hydrogen-bond acceptors (Lipinski definition) is 6. The number of aromatic nitrogens is 4. The highest BCUT2D eigenvalue weighted by Crippen LogP contribution is 2.29. The van der Waals surface area contributed by atoms with Crippen molar-refractivity contribution >= 4 is 28.6 Å². The number of fused-ring (bicyclic) bond motifs is 1. The number of nitrogen functional groups attached to an aromatic ring is 1. The molecule has 0 saturated heterocycles. The van der Waals surface area contributed by atoms with E-state index < -0.39 is 0 Å². The second-order valence-electron chi connectivity index (χ2n) is 5.87. The van der Waals surface area contributed by atoms with E-state index in [9.17, 15) is 5.11 Å². The van der Waals surface area contributed by atoms with E-state index in [0.29, 0.717) is 24.0 Å². The molecule has 25 heavy (non-hydrogen) atoms. The monoisotopic (exact) mass is 361 g/mol. The van der Waals surface area contributed by atoms with Gasteiger partial charge in [-0.2, -0.15) is 4.98 Å². The number of nitrogens with zero attached hydrogens (tertiary/aromatic N) is 4. The van der Waals surface area contributed by atoms with Crippen LogP contribution < -0.4 is 10.5 Å². The largest absolute Gasteiger partial charge is 0.496 e. The smallest absolute Gasteiger partial charge is 0.223 e. The van der Waals surface area contributed by atoms with Crippen LogP contribution in [0.2, 0.25) is 5.15 Å². The Morgan fingerprint density at radius 2 is 2.08 bits per heavy atom. The number of aliphatic hydroxyl groups excluding tert-OH is 1. The second kappa shape index (κ2) is 6.85. The molecule has 0 spiro atoms. The summed E-state index contributed by atoms with van der Waals surface area (Å²) in [5.41, 5.74) is 10.1. The van der Waals surface area contributed by atoms with Crippen molar-refractivity contribution in [2.75, 3.05) is 19.5 Å². The Kier molecular flexibility index (Phi) is 4.78. The van der Waals surface area contributed by atoms with Gasteiger partial charge in [-0.15, -0.1) is 0 Å². The van der Waals surface area contributed by atoms with E-state index in [0.717, 1.165) is 28.1 Å². The molecule has 7 nitrogen and oxygen atoms in total. The zero-order valence-electron chi connectivity index (χ0n) is 14.4. The third-order valence-electron chi connectivity index (χ3n) is 4.22. The third-order valence-corrected chi connectivity index (χ3v) is 4.49. The van der Waals surface area contributed by atoms with Crippen LogP contribution in [0.5, 0.6) is 5.75 Å². The number of hydrogen-bond donors (Lipinski definition) is 2.